The molecule has 21 heavy (non-hydrogen) atoms. The Morgan fingerprint density at radius 3 is 2.90 bits per heavy atom. The number of ether oxygens (including phenoxy) is 1. The Balaban J connectivity index is 1.65. The molecule has 112 valence electrons. The van der Waals surface area contributed by atoms with Gasteiger partial charge in [0.2, 0.25) is 0 Å². The van der Waals surface area contributed by atoms with Crippen LogP contribution in [-0.2, 0) is 6.54 Å². The lowest BCUT2D eigenvalue weighted by molar-refractivity contribution is -0.0497. The van der Waals surface area contributed by atoms with Gasteiger partial charge < -0.3 is 14.6 Å². The van der Waals surface area contributed by atoms with Crippen molar-refractivity contribution in [3.8, 4) is 5.75 Å². The smallest absolute Gasteiger partial charge is 0.387 e. The maximum Gasteiger partial charge on any atom is 0.387 e. The van der Waals surface area contributed by atoms with Crippen molar-refractivity contribution < 1.29 is 13.5 Å². The van der Waals surface area contributed by atoms with E-state index in [9.17, 15) is 8.78 Å². The van der Waals surface area contributed by atoms with Crippen molar-refractivity contribution in [2.45, 2.75) is 32.0 Å². The van der Waals surface area contributed by atoms with Gasteiger partial charge in [0.15, 0.2) is 0 Å². The highest BCUT2D eigenvalue weighted by atomic mass is 35.5. The van der Waals surface area contributed by atoms with Crippen molar-refractivity contribution in [1.29, 1.82) is 0 Å². The van der Waals surface area contributed by atoms with Gasteiger partial charge in [0.1, 0.15) is 5.75 Å². The molecule has 3 rings (SSSR count). The minimum Gasteiger partial charge on any atom is -0.433 e. The number of imidazole rings is 1. The zero-order valence-electron chi connectivity index (χ0n) is 11.1. The topological polar surface area (TPSA) is 39.1 Å². The number of alkyl halides is 2. The highest BCUT2D eigenvalue weighted by Crippen LogP contribution is 2.36. The van der Waals surface area contributed by atoms with Crippen LogP contribution in [0.1, 0.15) is 24.6 Å². The van der Waals surface area contributed by atoms with Crippen molar-refractivity contribution in [2.24, 2.45) is 0 Å². The standard InChI is InChI=1S/C14H14ClF2N3O/c15-12-5-9(1-4-13(12)21-14(16)17)19-7-11-6-18-8-20(11)10-2-3-10/h1,4-6,8,10,14,19H,2-3,7H2. The lowest BCUT2D eigenvalue weighted by Gasteiger charge is -2.11. The predicted octanol–water partition coefficient (Wildman–Crippen LogP) is 4.08. The number of nitrogens with zero attached hydrogens (tertiary/aromatic N) is 2. The molecule has 0 atom stereocenters. The van der Waals surface area contributed by atoms with Crippen LogP contribution in [0.4, 0.5) is 14.5 Å². The molecule has 1 aromatic heterocycles. The Hall–Kier alpha value is -1.82. The molecule has 2 aromatic rings. The molecule has 1 aliphatic rings. The van der Waals surface area contributed by atoms with Gasteiger partial charge in [-0.3, -0.25) is 0 Å². The summed E-state index contributed by atoms with van der Waals surface area (Å²) in [5.41, 5.74) is 1.83. The molecule has 1 aliphatic carbocycles. The Labute approximate surface area is 125 Å². The van der Waals surface area contributed by atoms with Crippen LogP contribution in [0, 0.1) is 0 Å². The van der Waals surface area contributed by atoms with E-state index in [4.69, 9.17) is 11.6 Å². The number of aromatic nitrogens is 2. The summed E-state index contributed by atoms with van der Waals surface area (Å²) >= 11 is 5.91. The summed E-state index contributed by atoms with van der Waals surface area (Å²) < 4.78 is 30.8. The van der Waals surface area contributed by atoms with Crippen molar-refractivity contribution in [3.05, 3.63) is 41.4 Å². The van der Waals surface area contributed by atoms with Gasteiger partial charge in [-0.1, -0.05) is 11.6 Å². The molecule has 0 unspecified atom stereocenters. The van der Waals surface area contributed by atoms with Gasteiger partial charge in [-0.05, 0) is 31.0 Å². The SMILES string of the molecule is FC(F)Oc1ccc(NCc2cncn2C2CC2)cc1Cl. The molecular formula is C14H14ClF2N3O. The Bertz CT molecular complexity index is 628. The Kier molecular flexibility index (Phi) is 3.96. The number of hydrogen-bond donors (Lipinski definition) is 1. The number of hydrogen-bond acceptors (Lipinski definition) is 3. The van der Waals surface area contributed by atoms with Crippen LogP contribution < -0.4 is 10.1 Å². The minimum atomic E-state index is -2.88. The number of anilines is 1. The van der Waals surface area contributed by atoms with Gasteiger partial charge in [-0.15, -0.1) is 0 Å². The summed E-state index contributed by atoms with van der Waals surface area (Å²) in [6, 6.07) is 5.21. The monoisotopic (exact) mass is 313 g/mol. The molecule has 0 aliphatic heterocycles. The fourth-order valence-electron chi connectivity index (χ4n) is 2.15. The quantitative estimate of drug-likeness (QED) is 0.873. The molecule has 0 saturated heterocycles. The third-order valence-corrected chi connectivity index (χ3v) is 3.60. The summed E-state index contributed by atoms with van der Waals surface area (Å²) in [4.78, 5) is 4.15. The van der Waals surface area contributed by atoms with E-state index in [1.165, 1.54) is 18.9 Å². The first-order valence-electron chi connectivity index (χ1n) is 6.62. The largest absolute Gasteiger partial charge is 0.433 e. The first kappa shape index (κ1) is 14.1. The first-order valence-corrected chi connectivity index (χ1v) is 7.00. The lowest BCUT2D eigenvalue weighted by Crippen LogP contribution is -2.06. The Morgan fingerprint density at radius 1 is 1.43 bits per heavy atom. The lowest BCUT2D eigenvalue weighted by atomic mass is 10.3. The van der Waals surface area contributed by atoms with Crippen LogP contribution in [0.25, 0.3) is 0 Å². The van der Waals surface area contributed by atoms with Gasteiger partial charge >= 0.3 is 6.61 Å². The van der Waals surface area contributed by atoms with Crippen molar-refractivity contribution in [3.63, 3.8) is 0 Å². The fraction of sp³-hybridized carbons (Fsp3) is 0.357. The van der Waals surface area contributed by atoms with Crippen LogP contribution in [0.15, 0.2) is 30.7 Å². The van der Waals surface area contributed by atoms with E-state index in [0.29, 0.717) is 12.6 Å². The normalized spacial score (nSPS) is 14.5. The molecule has 0 radical (unpaired) electrons. The van der Waals surface area contributed by atoms with Crippen LogP contribution in [0.3, 0.4) is 0 Å². The molecule has 1 saturated carbocycles. The van der Waals surface area contributed by atoms with Crippen LogP contribution in [0.5, 0.6) is 5.75 Å². The molecule has 1 N–H and O–H groups in total. The average molecular weight is 314 g/mol. The number of benzene rings is 1. The highest BCUT2D eigenvalue weighted by molar-refractivity contribution is 6.32. The summed E-state index contributed by atoms with van der Waals surface area (Å²) in [6.45, 7) is -2.28. The van der Waals surface area contributed by atoms with E-state index >= 15 is 0 Å². The molecule has 1 fully saturated rings. The van der Waals surface area contributed by atoms with Crippen molar-refractivity contribution in [1.82, 2.24) is 9.55 Å². The second kappa shape index (κ2) is 5.89. The van der Waals surface area contributed by atoms with Gasteiger partial charge in [0.25, 0.3) is 0 Å². The molecule has 0 spiro atoms. The minimum absolute atomic E-state index is 0.0276. The summed E-state index contributed by atoms with van der Waals surface area (Å²) in [5.74, 6) is -0.0276. The van der Waals surface area contributed by atoms with Crippen LogP contribution in [-0.4, -0.2) is 16.2 Å². The molecular weight excluding hydrogens is 300 g/mol. The molecule has 4 nitrogen and oxygen atoms in total. The van der Waals surface area contributed by atoms with Crippen molar-refractivity contribution in [2.75, 3.05) is 5.32 Å². The molecule has 7 heteroatoms. The van der Waals surface area contributed by atoms with E-state index in [1.807, 2.05) is 12.5 Å². The van der Waals surface area contributed by atoms with E-state index in [-0.39, 0.29) is 10.8 Å². The number of nitrogens with one attached hydrogen (secondary N) is 1. The number of rotatable bonds is 6. The zero-order chi connectivity index (χ0) is 14.8. The van der Waals surface area contributed by atoms with Gasteiger partial charge in [-0.2, -0.15) is 8.78 Å². The van der Waals surface area contributed by atoms with E-state index < -0.39 is 6.61 Å². The second-order valence-electron chi connectivity index (χ2n) is 4.90. The molecule has 1 heterocycles. The third-order valence-electron chi connectivity index (χ3n) is 3.31. The summed E-state index contributed by atoms with van der Waals surface area (Å²) in [6.07, 6.45) is 6.03. The molecule has 1 aromatic carbocycles. The first-order chi connectivity index (χ1) is 10.1. The van der Waals surface area contributed by atoms with Crippen molar-refractivity contribution >= 4 is 17.3 Å². The zero-order valence-corrected chi connectivity index (χ0v) is 11.9. The maximum atomic E-state index is 12.2. The predicted molar refractivity (Wildman–Crippen MR) is 75.9 cm³/mol. The summed E-state index contributed by atoms with van der Waals surface area (Å²) in [5, 5.41) is 3.35. The second-order valence-corrected chi connectivity index (χ2v) is 5.31. The fourth-order valence-corrected chi connectivity index (χ4v) is 2.37. The summed E-state index contributed by atoms with van der Waals surface area (Å²) in [7, 11) is 0. The van der Waals surface area contributed by atoms with Crippen LogP contribution in [0.2, 0.25) is 5.02 Å². The molecule has 0 amide bonds. The maximum absolute atomic E-state index is 12.2. The molecule has 0 bridgehead atoms. The van der Waals surface area contributed by atoms with E-state index in [0.717, 1.165) is 11.4 Å². The van der Waals surface area contributed by atoms with Crippen LogP contribution >= 0.6 is 11.6 Å². The average Bonchev–Trinajstić information content (AvgIpc) is 3.18. The van der Waals surface area contributed by atoms with Gasteiger partial charge in [0, 0.05) is 17.9 Å². The third kappa shape index (κ3) is 3.44. The van der Waals surface area contributed by atoms with E-state index in [1.54, 1.807) is 12.1 Å². The highest BCUT2D eigenvalue weighted by Gasteiger charge is 2.24. The van der Waals surface area contributed by atoms with E-state index in [2.05, 4.69) is 19.6 Å². The Morgan fingerprint density at radius 2 is 2.24 bits per heavy atom. The number of halogens is 3. The van der Waals surface area contributed by atoms with Gasteiger partial charge in [0.05, 0.1) is 23.6 Å². The van der Waals surface area contributed by atoms with Gasteiger partial charge in [-0.25, -0.2) is 4.98 Å².